The first-order valence-electron chi connectivity index (χ1n) is 7.33. The van der Waals surface area contributed by atoms with Crippen LogP contribution in [0.25, 0.3) is 0 Å². The summed E-state index contributed by atoms with van der Waals surface area (Å²) < 4.78 is 0. The molecule has 0 amide bonds. The van der Waals surface area contributed by atoms with Gasteiger partial charge in [0.05, 0.1) is 0 Å². The Morgan fingerprint density at radius 3 is 2.63 bits per heavy atom. The third-order valence-electron chi connectivity index (χ3n) is 3.91. The number of benzene rings is 1. The van der Waals surface area contributed by atoms with Crippen LogP contribution in [0, 0.1) is 5.92 Å². The van der Waals surface area contributed by atoms with Crippen molar-refractivity contribution in [1.29, 1.82) is 0 Å². The Hall–Kier alpha value is -0.730. The van der Waals surface area contributed by atoms with Gasteiger partial charge in [-0.1, -0.05) is 38.4 Å². The maximum Gasteiger partial charge on any atom is 0.0471 e. The molecule has 1 saturated heterocycles. The highest BCUT2D eigenvalue weighted by molar-refractivity contribution is 6.31. The van der Waals surface area contributed by atoms with Crippen molar-refractivity contribution in [3.63, 3.8) is 0 Å². The molecule has 0 aromatic heterocycles. The monoisotopic (exact) mass is 280 g/mol. The van der Waals surface area contributed by atoms with Gasteiger partial charge in [-0.05, 0) is 30.9 Å². The zero-order chi connectivity index (χ0) is 13.8. The second kappa shape index (κ2) is 6.62. The van der Waals surface area contributed by atoms with Gasteiger partial charge in [0.25, 0.3) is 0 Å². The highest BCUT2D eigenvalue weighted by atomic mass is 35.5. The Balaban J connectivity index is 2.16. The Morgan fingerprint density at radius 2 is 2.00 bits per heavy atom. The van der Waals surface area contributed by atoms with Gasteiger partial charge in [0.15, 0.2) is 0 Å². The number of halogens is 1. The number of anilines is 1. The summed E-state index contributed by atoms with van der Waals surface area (Å²) >= 11 is 6.39. The molecule has 1 fully saturated rings. The molecule has 1 aromatic carbocycles. The average molecular weight is 281 g/mol. The summed E-state index contributed by atoms with van der Waals surface area (Å²) in [6, 6.07) is 6.74. The first-order valence-corrected chi connectivity index (χ1v) is 7.71. The highest BCUT2D eigenvalue weighted by Gasteiger charge is 2.19. The minimum atomic E-state index is 0.477. The molecule has 0 unspecified atom stereocenters. The lowest BCUT2D eigenvalue weighted by molar-refractivity contribution is 0.437. The van der Waals surface area contributed by atoms with E-state index in [1.54, 1.807) is 0 Å². The van der Waals surface area contributed by atoms with E-state index in [4.69, 9.17) is 11.6 Å². The van der Waals surface area contributed by atoms with Gasteiger partial charge < -0.3 is 10.2 Å². The van der Waals surface area contributed by atoms with Crippen molar-refractivity contribution in [2.24, 2.45) is 5.92 Å². The van der Waals surface area contributed by atoms with Crippen molar-refractivity contribution >= 4 is 17.3 Å². The molecule has 0 bridgehead atoms. The van der Waals surface area contributed by atoms with Crippen LogP contribution in [0.3, 0.4) is 0 Å². The number of nitrogens with zero attached hydrogens (tertiary/aromatic N) is 1. The molecule has 0 radical (unpaired) electrons. The fraction of sp³-hybridized carbons (Fsp3) is 0.625. The number of hydrogen-bond donors (Lipinski definition) is 1. The van der Waals surface area contributed by atoms with Crippen molar-refractivity contribution in [3.8, 4) is 0 Å². The topological polar surface area (TPSA) is 15.3 Å². The van der Waals surface area contributed by atoms with Crippen LogP contribution in [0.2, 0.25) is 5.02 Å². The third kappa shape index (κ3) is 3.87. The summed E-state index contributed by atoms with van der Waals surface area (Å²) in [5.41, 5.74) is 2.56. The van der Waals surface area contributed by atoms with Gasteiger partial charge >= 0.3 is 0 Å². The molecule has 2 rings (SSSR count). The smallest absolute Gasteiger partial charge is 0.0471 e. The fourth-order valence-corrected chi connectivity index (χ4v) is 2.81. The molecule has 0 atom stereocenters. The summed E-state index contributed by atoms with van der Waals surface area (Å²) in [5, 5.41) is 4.36. The van der Waals surface area contributed by atoms with Gasteiger partial charge in [-0.2, -0.15) is 0 Å². The molecule has 2 nitrogen and oxygen atoms in total. The van der Waals surface area contributed by atoms with Crippen LogP contribution < -0.4 is 10.2 Å². The molecule has 0 spiro atoms. The Labute approximate surface area is 122 Å². The first kappa shape index (κ1) is 14.7. The largest absolute Gasteiger partial charge is 0.371 e. The Kier molecular flexibility index (Phi) is 5.12. The number of piperidine rings is 1. The Morgan fingerprint density at radius 1 is 1.32 bits per heavy atom. The fourth-order valence-electron chi connectivity index (χ4n) is 2.57. The molecule has 106 valence electrons. The predicted octanol–water partition coefficient (Wildman–Crippen LogP) is 4.07. The number of hydrogen-bond acceptors (Lipinski definition) is 2. The average Bonchev–Trinajstić information content (AvgIpc) is 2.38. The van der Waals surface area contributed by atoms with Gasteiger partial charge in [-0.15, -0.1) is 0 Å². The lowest BCUT2D eigenvalue weighted by Gasteiger charge is -2.34. The van der Waals surface area contributed by atoms with Crippen LogP contribution in [-0.2, 0) is 6.54 Å². The summed E-state index contributed by atoms with van der Waals surface area (Å²) in [5.74, 6) is 0.854. The van der Waals surface area contributed by atoms with E-state index < -0.39 is 0 Å². The van der Waals surface area contributed by atoms with Gasteiger partial charge in [-0.3, -0.25) is 0 Å². The van der Waals surface area contributed by atoms with Crippen molar-refractivity contribution in [2.45, 2.75) is 46.2 Å². The molecule has 1 aliphatic heterocycles. The zero-order valence-corrected chi connectivity index (χ0v) is 13.0. The van der Waals surface area contributed by atoms with Gasteiger partial charge in [0.2, 0.25) is 0 Å². The second-order valence-electron chi connectivity index (χ2n) is 5.94. The number of rotatable bonds is 4. The predicted molar refractivity (Wildman–Crippen MR) is 84.0 cm³/mol. The maximum absolute atomic E-state index is 6.39. The van der Waals surface area contributed by atoms with E-state index in [2.05, 4.69) is 43.1 Å². The van der Waals surface area contributed by atoms with E-state index >= 15 is 0 Å². The molecular formula is C16H25ClN2. The molecule has 1 aromatic rings. The summed E-state index contributed by atoms with van der Waals surface area (Å²) in [6.07, 6.45) is 2.56. The second-order valence-corrected chi connectivity index (χ2v) is 6.35. The summed E-state index contributed by atoms with van der Waals surface area (Å²) in [7, 11) is 0. The summed E-state index contributed by atoms with van der Waals surface area (Å²) in [6.45, 7) is 9.82. The molecule has 1 aliphatic rings. The van der Waals surface area contributed by atoms with Crippen LogP contribution in [-0.4, -0.2) is 19.1 Å². The van der Waals surface area contributed by atoms with Crippen LogP contribution >= 0.6 is 11.6 Å². The van der Waals surface area contributed by atoms with Crippen molar-refractivity contribution in [2.75, 3.05) is 18.0 Å². The van der Waals surface area contributed by atoms with Crippen molar-refractivity contribution < 1.29 is 0 Å². The lowest BCUT2D eigenvalue weighted by Crippen LogP contribution is -2.34. The highest BCUT2D eigenvalue weighted by Crippen LogP contribution is 2.30. The molecule has 1 N–H and O–H groups in total. The first-order chi connectivity index (χ1) is 9.08. The van der Waals surface area contributed by atoms with Gasteiger partial charge in [0.1, 0.15) is 0 Å². The molecule has 19 heavy (non-hydrogen) atoms. The standard InChI is InChI=1S/C16H25ClN2/c1-12(2)18-11-14-15(17)5-4-6-16(14)19-9-7-13(3)8-10-19/h4-6,12-13,18H,7-11H2,1-3H3. The van der Waals surface area contributed by atoms with Crippen LogP contribution in [0.1, 0.15) is 39.2 Å². The van der Waals surface area contributed by atoms with E-state index in [0.29, 0.717) is 6.04 Å². The van der Waals surface area contributed by atoms with E-state index in [9.17, 15) is 0 Å². The van der Waals surface area contributed by atoms with E-state index in [0.717, 1.165) is 30.6 Å². The van der Waals surface area contributed by atoms with E-state index in [-0.39, 0.29) is 0 Å². The molecule has 0 saturated carbocycles. The van der Waals surface area contributed by atoms with Crippen molar-refractivity contribution in [1.82, 2.24) is 5.32 Å². The molecule has 3 heteroatoms. The minimum absolute atomic E-state index is 0.477. The molecule has 0 aliphatic carbocycles. The molecular weight excluding hydrogens is 256 g/mol. The van der Waals surface area contributed by atoms with Crippen molar-refractivity contribution in [3.05, 3.63) is 28.8 Å². The normalized spacial score (nSPS) is 17.2. The third-order valence-corrected chi connectivity index (χ3v) is 4.26. The Bertz CT molecular complexity index is 409. The maximum atomic E-state index is 6.39. The summed E-state index contributed by atoms with van der Waals surface area (Å²) in [4.78, 5) is 2.49. The van der Waals surface area contributed by atoms with Gasteiger partial charge in [-0.25, -0.2) is 0 Å². The SMILES string of the molecule is CC1CCN(c2cccc(Cl)c2CNC(C)C)CC1. The van der Waals surface area contributed by atoms with Crippen LogP contribution in [0.15, 0.2) is 18.2 Å². The van der Waals surface area contributed by atoms with E-state index in [1.165, 1.54) is 24.1 Å². The van der Waals surface area contributed by atoms with Gasteiger partial charge in [0, 0.05) is 41.9 Å². The van der Waals surface area contributed by atoms with Crippen LogP contribution in [0.5, 0.6) is 0 Å². The van der Waals surface area contributed by atoms with E-state index in [1.807, 2.05) is 6.07 Å². The quantitative estimate of drug-likeness (QED) is 0.894. The number of nitrogens with one attached hydrogen (secondary N) is 1. The van der Waals surface area contributed by atoms with Crippen LogP contribution in [0.4, 0.5) is 5.69 Å². The molecule has 1 heterocycles. The lowest BCUT2D eigenvalue weighted by atomic mass is 9.98. The minimum Gasteiger partial charge on any atom is -0.371 e. The zero-order valence-electron chi connectivity index (χ0n) is 12.2.